The molecule has 1 fully saturated rings. The predicted molar refractivity (Wildman–Crippen MR) is 135 cm³/mol. The van der Waals surface area contributed by atoms with Gasteiger partial charge in [-0.3, -0.25) is 10.1 Å². The molecule has 2 aliphatic rings. The van der Waals surface area contributed by atoms with Crippen LogP contribution in [0, 0.1) is 17.0 Å². The van der Waals surface area contributed by atoms with E-state index in [0.29, 0.717) is 49.7 Å². The summed E-state index contributed by atoms with van der Waals surface area (Å²) in [4.78, 5) is 26.4. The zero-order valence-electron chi connectivity index (χ0n) is 19.1. The van der Waals surface area contributed by atoms with Crippen molar-refractivity contribution in [2.75, 3.05) is 48.7 Å². The van der Waals surface area contributed by atoms with Gasteiger partial charge in [-0.25, -0.2) is 5.43 Å². The molecule has 0 saturated carbocycles. The lowest BCUT2D eigenvalue weighted by atomic mass is 10.1. The number of anilines is 4. The maximum atomic E-state index is 11.5. The Balaban J connectivity index is 1.42. The van der Waals surface area contributed by atoms with E-state index < -0.39 is 4.92 Å². The molecule has 0 atom stereocenters. The molecule has 0 spiro atoms. The molecular weight excluding hydrogens is 536 g/mol. The van der Waals surface area contributed by atoms with Crippen LogP contribution in [0.2, 0.25) is 0 Å². The van der Waals surface area contributed by atoms with Crippen LogP contribution in [0.25, 0.3) is 0 Å². The van der Waals surface area contributed by atoms with Crippen LogP contribution in [0.5, 0.6) is 11.5 Å². The minimum absolute atomic E-state index is 0.00732. The molecule has 2 aromatic carbocycles. The van der Waals surface area contributed by atoms with Crippen molar-refractivity contribution in [2.45, 2.75) is 6.92 Å². The third kappa shape index (κ3) is 5.28. The van der Waals surface area contributed by atoms with Gasteiger partial charge in [-0.1, -0.05) is 6.07 Å². The highest BCUT2D eigenvalue weighted by molar-refractivity contribution is 9.10. The smallest absolute Gasteiger partial charge is 0.282 e. The first-order valence-corrected chi connectivity index (χ1v) is 11.7. The molecule has 5 rings (SSSR count). The molecule has 0 bridgehead atoms. The van der Waals surface area contributed by atoms with Gasteiger partial charge in [-0.15, -0.1) is 0 Å². The van der Waals surface area contributed by atoms with Gasteiger partial charge in [-0.05, 0) is 46.6 Å². The molecule has 2 N–H and O–H groups in total. The largest absolute Gasteiger partial charge is 0.454 e. The summed E-state index contributed by atoms with van der Waals surface area (Å²) in [6, 6.07) is 8.68. The lowest BCUT2D eigenvalue weighted by molar-refractivity contribution is -0.385. The van der Waals surface area contributed by atoms with Crippen molar-refractivity contribution in [2.24, 2.45) is 5.10 Å². The fourth-order valence-electron chi connectivity index (χ4n) is 3.59. The zero-order valence-corrected chi connectivity index (χ0v) is 20.7. The molecule has 1 aromatic heterocycles. The fraction of sp³-hybridized carbons (Fsp3) is 0.273. The van der Waals surface area contributed by atoms with Gasteiger partial charge in [0, 0.05) is 17.6 Å². The molecule has 13 nitrogen and oxygen atoms in total. The SMILES string of the molecule is Cc1ccc(Nc2nc(N/N=C/c3cc4c(cc3[N+](=O)[O-])OCO4)nc(N3CCOCC3)n2)c(Br)c1. The van der Waals surface area contributed by atoms with Crippen LogP contribution >= 0.6 is 15.9 Å². The average molecular weight is 557 g/mol. The van der Waals surface area contributed by atoms with E-state index >= 15 is 0 Å². The first kappa shape index (κ1) is 23.7. The Hall–Kier alpha value is -4.04. The number of morpholine rings is 1. The number of aryl methyl sites for hydroxylation is 1. The summed E-state index contributed by atoms with van der Waals surface area (Å²) in [7, 11) is 0. The number of aromatic nitrogens is 3. The second kappa shape index (κ2) is 10.3. The van der Waals surface area contributed by atoms with E-state index in [1.165, 1.54) is 18.3 Å². The Morgan fingerprint density at radius 2 is 1.86 bits per heavy atom. The number of nitrogens with zero attached hydrogens (tertiary/aromatic N) is 6. The van der Waals surface area contributed by atoms with Crippen LogP contribution in [0.15, 0.2) is 39.9 Å². The van der Waals surface area contributed by atoms with Gasteiger partial charge in [0.05, 0.1) is 41.7 Å². The number of nitro benzene ring substituents is 1. The fourth-order valence-corrected chi connectivity index (χ4v) is 4.18. The topological polar surface area (TPSA) is 149 Å². The van der Waals surface area contributed by atoms with Crippen LogP contribution < -0.4 is 25.1 Å². The maximum absolute atomic E-state index is 11.5. The summed E-state index contributed by atoms with van der Waals surface area (Å²) >= 11 is 3.55. The van der Waals surface area contributed by atoms with Crippen LogP contribution in [0.4, 0.5) is 29.2 Å². The molecule has 3 aromatic rings. The van der Waals surface area contributed by atoms with Gasteiger partial charge in [-0.2, -0.15) is 20.1 Å². The summed E-state index contributed by atoms with van der Waals surface area (Å²) in [6.07, 6.45) is 1.31. The van der Waals surface area contributed by atoms with E-state index in [0.717, 1.165) is 15.7 Å². The summed E-state index contributed by atoms with van der Waals surface area (Å²) in [5.74, 6) is 1.65. The number of hydrogen-bond acceptors (Lipinski definition) is 12. The van der Waals surface area contributed by atoms with E-state index in [1.807, 2.05) is 30.0 Å². The van der Waals surface area contributed by atoms with Crippen LogP contribution in [-0.2, 0) is 4.74 Å². The summed E-state index contributed by atoms with van der Waals surface area (Å²) < 4.78 is 16.8. The van der Waals surface area contributed by atoms with Gasteiger partial charge in [0.15, 0.2) is 11.5 Å². The van der Waals surface area contributed by atoms with Gasteiger partial charge < -0.3 is 24.4 Å². The number of nitrogens with one attached hydrogen (secondary N) is 2. The lowest BCUT2D eigenvalue weighted by Crippen LogP contribution is -2.37. The van der Waals surface area contributed by atoms with E-state index in [1.54, 1.807) is 0 Å². The number of hydrogen-bond donors (Lipinski definition) is 2. The number of fused-ring (bicyclic) bond motifs is 1. The first-order valence-electron chi connectivity index (χ1n) is 11.0. The number of benzene rings is 2. The van der Waals surface area contributed by atoms with Gasteiger partial charge in [0.25, 0.3) is 5.69 Å². The Kier molecular flexibility index (Phi) is 6.77. The standard InChI is InChI=1S/C22H21BrN8O5/c1-13-2-3-16(15(23)8-13)25-20-26-21(28-22(27-20)30-4-6-34-7-5-30)29-24-11-14-9-18-19(36-12-35-18)10-17(14)31(32)33/h2-3,8-11H,4-7,12H2,1H3,(H2,25,26,27,28,29)/b24-11+. The molecular formula is C22H21BrN8O5. The molecule has 0 unspecified atom stereocenters. The highest BCUT2D eigenvalue weighted by Gasteiger charge is 2.23. The highest BCUT2D eigenvalue weighted by atomic mass is 79.9. The number of nitro groups is 1. The minimum atomic E-state index is -0.510. The summed E-state index contributed by atoms with van der Waals surface area (Å²) in [5.41, 5.74) is 4.72. The van der Waals surface area contributed by atoms with Gasteiger partial charge in [0.1, 0.15) is 0 Å². The lowest BCUT2D eigenvalue weighted by Gasteiger charge is -2.27. The second-order valence-corrected chi connectivity index (χ2v) is 8.74. The molecule has 14 heteroatoms. The quantitative estimate of drug-likeness (QED) is 0.249. The molecule has 0 aliphatic carbocycles. The van der Waals surface area contributed by atoms with Crippen molar-refractivity contribution in [1.82, 2.24) is 15.0 Å². The number of ether oxygens (including phenoxy) is 3. The average Bonchev–Trinajstić information content (AvgIpc) is 3.33. The monoisotopic (exact) mass is 556 g/mol. The highest BCUT2D eigenvalue weighted by Crippen LogP contribution is 2.37. The van der Waals surface area contributed by atoms with Gasteiger partial charge in [0.2, 0.25) is 24.6 Å². The summed E-state index contributed by atoms with van der Waals surface area (Å²) in [5, 5.41) is 18.8. The van der Waals surface area contributed by atoms with E-state index in [4.69, 9.17) is 14.2 Å². The Bertz CT molecular complexity index is 1330. The predicted octanol–water partition coefficient (Wildman–Crippen LogP) is 3.61. The third-order valence-electron chi connectivity index (χ3n) is 5.38. The number of rotatable bonds is 7. The number of halogens is 1. The maximum Gasteiger partial charge on any atom is 0.282 e. The van der Waals surface area contributed by atoms with Crippen molar-refractivity contribution in [3.05, 3.63) is 56.0 Å². The molecule has 3 heterocycles. The van der Waals surface area contributed by atoms with Crippen LogP contribution in [0.1, 0.15) is 11.1 Å². The molecule has 186 valence electrons. The third-order valence-corrected chi connectivity index (χ3v) is 6.03. The Morgan fingerprint density at radius 3 is 2.61 bits per heavy atom. The van der Waals surface area contributed by atoms with Gasteiger partial charge >= 0.3 is 0 Å². The van der Waals surface area contributed by atoms with E-state index in [-0.39, 0.29) is 24.0 Å². The first-order chi connectivity index (χ1) is 17.5. The summed E-state index contributed by atoms with van der Waals surface area (Å²) in [6.45, 7) is 4.39. The van der Waals surface area contributed by atoms with Crippen LogP contribution in [-0.4, -0.2) is 59.2 Å². The molecule has 0 amide bonds. The van der Waals surface area contributed by atoms with Crippen molar-refractivity contribution in [1.29, 1.82) is 0 Å². The van der Waals surface area contributed by atoms with Crippen molar-refractivity contribution < 1.29 is 19.1 Å². The molecule has 1 saturated heterocycles. The Morgan fingerprint density at radius 1 is 1.11 bits per heavy atom. The molecule has 36 heavy (non-hydrogen) atoms. The van der Waals surface area contributed by atoms with Crippen molar-refractivity contribution in [3.8, 4) is 11.5 Å². The normalized spacial score (nSPS) is 14.8. The van der Waals surface area contributed by atoms with E-state index in [2.05, 4.69) is 46.7 Å². The number of hydrazone groups is 1. The second-order valence-electron chi connectivity index (χ2n) is 7.88. The Labute approximate surface area is 213 Å². The van der Waals surface area contributed by atoms with Crippen LogP contribution in [0.3, 0.4) is 0 Å². The van der Waals surface area contributed by atoms with E-state index in [9.17, 15) is 10.1 Å². The minimum Gasteiger partial charge on any atom is -0.454 e. The zero-order chi connectivity index (χ0) is 25.1. The molecule has 2 aliphatic heterocycles. The van der Waals surface area contributed by atoms with Crippen molar-refractivity contribution >= 4 is 51.4 Å². The molecule has 0 radical (unpaired) electrons. The van der Waals surface area contributed by atoms with Crippen molar-refractivity contribution in [3.63, 3.8) is 0 Å².